The fourth-order valence-electron chi connectivity index (χ4n) is 2.16. The number of aromatic nitrogens is 5. The van der Waals surface area contributed by atoms with Crippen molar-refractivity contribution in [3.63, 3.8) is 0 Å². The molecule has 122 valence electrons. The Hall–Kier alpha value is -3.29. The number of carboxylic acids is 1. The van der Waals surface area contributed by atoms with E-state index in [-0.39, 0.29) is 5.69 Å². The lowest BCUT2D eigenvalue weighted by Crippen LogP contribution is -2.06. The number of ether oxygens (including phenoxy) is 1. The van der Waals surface area contributed by atoms with Crippen LogP contribution in [-0.4, -0.2) is 43.1 Å². The molecule has 8 heteroatoms. The number of aryl methyl sites for hydroxylation is 1. The van der Waals surface area contributed by atoms with Gasteiger partial charge in [-0.15, -0.1) is 10.2 Å². The van der Waals surface area contributed by atoms with Crippen molar-refractivity contribution in [2.75, 3.05) is 7.11 Å². The molecule has 3 aromatic rings. The SMILES string of the molecule is CCc1ccc(-c2cc(C(=O)O)nn2-c2ccc(OC)nn2)nc1. The summed E-state index contributed by atoms with van der Waals surface area (Å²) in [6.45, 7) is 2.04. The minimum Gasteiger partial charge on any atom is -0.480 e. The van der Waals surface area contributed by atoms with Crippen molar-refractivity contribution in [1.29, 1.82) is 0 Å². The van der Waals surface area contributed by atoms with Crippen molar-refractivity contribution in [1.82, 2.24) is 25.0 Å². The highest BCUT2D eigenvalue weighted by Crippen LogP contribution is 2.22. The summed E-state index contributed by atoms with van der Waals surface area (Å²) in [5.74, 6) is -0.391. The first-order valence-corrected chi connectivity index (χ1v) is 7.29. The molecule has 0 unspecified atom stereocenters. The maximum absolute atomic E-state index is 11.3. The molecule has 0 saturated heterocycles. The number of carboxylic acid groups (broad SMARTS) is 1. The van der Waals surface area contributed by atoms with Gasteiger partial charge in [-0.1, -0.05) is 13.0 Å². The molecule has 3 aromatic heterocycles. The zero-order chi connectivity index (χ0) is 17.1. The molecule has 24 heavy (non-hydrogen) atoms. The number of rotatable bonds is 5. The second-order valence-electron chi connectivity index (χ2n) is 4.97. The highest BCUT2D eigenvalue weighted by Gasteiger charge is 2.17. The summed E-state index contributed by atoms with van der Waals surface area (Å²) < 4.78 is 6.39. The van der Waals surface area contributed by atoms with Crippen molar-refractivity contribution in [3.05, 3.63) is 47.8 Å². The molecule has 0 amide bonds. The van der Waals surface area contributed by atoms with E-state index in [2.05, 4.69) is 20.3 Å². The van der Waals surface area contributed by atoms with Gasteiger partial charge in [0.05, 0.1) is 18.5 Å². The van der Waals surface area contributed by atoms with E-state index in [9.17, 15) is 9.90 Å². The monoisotopic (exact) mass is 325 g/mol. The van der Waals surface area contributed by atoms with Crippen LogP contribution in [0, 0.1) is 0 Å². The Bertz CT molecular complexity index is 791. The summed E-state index contributed by atoms with van der Waals surface area (Å²) in [6.07, 6.45) is 2.63. The van der Waals surface area contributed by atoms with Crippen LogP contribution in [-0.2, 0) is 6.42 Å². The molecule has 0 aliphatic heterocycles. The largest absolute Gasteiger partial charge is 0.480 e. The zero-order valence-corrected chi connectivity index (χ0v) is 13.2. The quantitative estimate of drug-likeness (QED) is 0.765. The number of aromatic carboxylic acids is 1. The molecule has 0 radical (unpaired) electrons. The summed E-state index contributed by atoms with van der Waals surface area (Å²) in [6, 6.07) is 8.51. The van der Waals surface area contributed by atoms with Crippen LogP contribution in [0.25, 0.3) is 17.2 Å². The van der Waals surface area contributed by atoms with Gasteiger partial charge in [-0.05, 0) is 24.1 Å². The molecule has 0 aromatic carbocycles. The van der Waals surface area contributed by atoms with E-state index in [1.807, 2.05) is 19.1 Å². The maximum atomic E-state index is 11.3. The molecule has 3 rings (SSSR count). The van der Waals surface area contributed by atoms with E-state index in [0.29, 0.717) is 23.1 Å². The van der Waals surface area contributed by atoms with Gasteiger partial charge in [-0.3, -0.25) is 4.98 Å². The summed E-state index contributed by atoms with van der Waals surface area (Å²) in [4.78, 5) is 15.7. The standard InChI is InChI=1S/C16H15N5O3/c1-3-10-4-5-11(17-9-10)13-8-12(16(22)23)20-21(13)14-6-7-15(24-2)19-18-14/h4-9H,3H2,1-2H3,(H,22,23). The summed E-state index contributed by atoms with van der Waals surface area (Å²) >= 11 is 0. The van der Waals surface area contributed by atoms with Crippen LogP contribution in [0.5, 0.6) is 5.88 Å². The second kappa shape index (κ2) is 6.45. The van der Waals surface area contributed by atoms with E-state index >= 15 is 0 Å². The van der Waals surface area contributed by atoms with E-state index in [0.717, 1.165) is 12.0 Å². The predicted octanol–water partition coefficient (Wildman–Crippen LogP) is 1.99. The van der Waals surface area contributed by atoms with Crippen LogP contribution in [0.15, 0.2) is 36.5 Å². The Morgan fingerprint density at radius 1 is 1.25 bits per heavy atom. The maximum Gasteiger partial charge on any atom is 0.356 e. The minimum absolute atomic E-state index is 0.0935. The van der Waals surface area contributed by atoms with Crippen LogP contribution < -0.4 is 4.74 Å². The second-order valence-corrected chi connectivity index (χ2v) is 4.97. The number of hydrogen-bond acceptors (Lipinski definition) is 6. The Morgan fingerprint density at radius 3 is 2.62 bits per heavy atom. The molecule has 0 aliphatic carbocycles. The number of carbonyl (C=O) groups is 1. The zero-order valence-electron chi connectivity index (χ0n) is 13.2. The fraction of sp³-hybridized carbons (Fsp3) is 0.188. The topological polar surface area (TPSA) is 103 Å². The molecular formula is C16H15N5O3. The van der Waals surface area contributed by atoms with E-state index in [1.165, 1.54) is 17.9 Å². The van der Waals surface area contributed by atoms with Crippen LogP contribution in [0.4, 0.5) is 0 Å². The van der Waals surface area contributed by atoms with Gasteiger partial charge in [0.1, 0.15) is 0 Å². The third kappa shape index (κ3) is 2.94. The third-order valence-electron chi connectivity index (χ3n) is 3.48. The average Bonchev–Trinajstić information content (AvgIpc) is 3.07. The first-order valence-electron chi connectivity index (χ1n) is 7.29. The van der Waals surface area contributed by atoms with Crippen molar-refractivity contribution >= 4 is 5.97 Å². The average molecular weight is 325 g/mol. The molecule has 0 bridgehead atoms. The Balaban J connectivity index is 2.10. The lowest BCUT2D eigenvalue weighted by Gasteiger charge is -2.06. The number of methoxy groups -OCH3 is 1. The fourth-order valence-corrected chi connectivity index (χ4v) is 2.16. The van der Waals surface area contributed by atoms with Crippen LogP contribution in [0.1, 0.15) is 23.0 Å². The van der Waals surface area contributed by atoms with E-state index in [1.54, 1.807) is 18.3 Å². The normalized spacial score (nSPS) is 10.6. The highest BCUT2D eigenvalue weighted by molar-refractivity contribution is 5.87. The number of hydrogen-bond donors (Lipinski definition) is 1. The van der Waals surface area contributed by atoms with Crippen molar-refractivity contribution < 1.29 is 14.6 Å². The van der Waals surface area contributed by atoms with Crippen LogP contribution in [0.2, 0.25) is 0 Å². The lowest BCUT2D eigenvalue weighted by molar-refractivity contribution is 0.0690. The van der Waals surface area contributed by atoms with Gasteiger partial charge in [0.25, 0.3) is 0 Å². The molecule has 1 N–H and O–H groups in total. The number of pyridine rings is 1. The first-order chi connectivity index (χ1) is 11.6. The molecule has 8 nitrogen and oxygen atoms in total. The Kier molecular flexibility index (Phi) is 4.19. The Morgan fingerprint density at radius 2 is 2.08 bits per heavy atom. The van der Waals surface area contributed by atoms with Crippen LogP contribution >= 0.6 is 0 Å². The molecule has 0 atom stereocenters. The van der Waals surface area contributed by atoms with Gasteiger partial charge < -0.3 is 9.84 Å². The predicted molar refractivity (Wildman–Crippen MR) is 85.3 cm³/mol. The summed E-state index contributed by atoms with van der Waals surface area (Å²) in [7, 11) is 1.49. The molecular weight excluding hydrogens is 310 g/mol. The first kappa shape index (κ1) is 15.6. The van der Waals surface area contributed by atoms with Gasteiger partial charge in [-0.25, -0.2) is 9.48 Å². The minimum atomic E-state index is -1.12. The smallest absolute Gasteiger partial charge is 0.356 e. The number of nitrogens with zero attached hydrogens (tertiary/aromatic N) is 5. The van der Waals surface area contributed by atoms with Crippen molar-refractivity contribution in [2.45, 2.75) is 13.3 Å². The van der Waals surface area contributed by atoms with Crippen molar-refractivity contribution in [3.8, 4) is 23.1 Å². The van der Waals surface area contributed by atoms with E-state index < -0.39 is 5.97 Å². The molecule has 0 aliphatic rings. The van der Waals surface area contributed by atoms with Gasteiger partial charge in [-0.2, -0.15) is 5.10 Å². The molecule has 3 heterocycles. The Labute approximate surface area is 137 Å². The van der Waals surface area contributed by atoms with Gasteiger partial charge >= 0.3 is 5.97 Å². The third-order valence-corrected chi connectivity index (χ3v) is 3.48. The summed E-state index contributed by atoms with van der Waals surface area (Å²) in [5, 5.41) is 21.2. The van der Waals surface area contributed by atoms with Gasteiger partial charge in [0, 0.05) is 18.3 Å². The molecule has 0 spiro atoms. The van der Waals surface area contributed by atoms with Crippen LogP contribution in [0.3, 0.4) is 0 Å². The highest BCUT2D eigenvalue weighted by atomic mass is 16.5. The van der Waals surface area contributed by atoms with E-state index in [4.69, 9.17) is 4.74 Å². The van der Waals surface area contributed by atoms with Crippen molar-refractivity contribution in [2.24, 2.45) is 0 Å². The lowest BCUT2D eigenvalue weighted by atomic mass is 10.2. The van der Waals surface area contributed by atoms with Gasteiger partial charge in [0.2, 0.25) is 5.88 Å². The summed E-state index contributed by atoms with van der Waals surface area (Å²) in [5.41, 5.74) is 2.12. The molecule has 0 saturated carbocycles. The molecule has 0 fully saturated rings. The van der Waals surface area contributed by atoms with Gasteiger partial charge in [0.15, 0.2) is 11.5 Å².